The maximum atomic E-state index is 12.0. The van der Waals surface area contributed by atoms with Crippen LogP contribution in [0.15, 0.2) is 22.7 Å². The minimum absolute atomic E-state index is 0.00634. The molecule has 0 fully saturated rings. The van der Waals surface area contributed by atoms with E-state index in [0.29, 0.717) is 5.89 Å². The van der Waals surface area contributed by atoms with Gasteiger partial charge in [0.25, 0.3) is 5.91 Å². The van der Waals surface area contributed by atoms with Crippen molar-refractivity contribution in [3.05, 3.63) is 45.6 Å². The number of anilines is 1. The number of carbonyl (C=O) groups is 1. The summed E-state index contributed by atoms with van der Waals surface area (Å²) in [7, 11) is 0. The summed E-state index contributed by atoms with van der Waals surface area (Å²) >= 11 is 0. The van der Waals surface area contributed by atoms with E-state index in [-0.39, 0.29) is 23.6 Å². The van der Waals surface area contributed by atoms with E-state index in [2.05, 4.69) is 20.9 Å². The van der Waals surface area contributed by atoms with E-state index in [1.54, 1.807) is 6.92 Å². The van der Waals surface area contributed by atoms with Crippen LogP contribution >= 0.6 is 0 Å². The predicted molar refractivity (Wildman–Crippen MR) is 71.1 cm³/mol. The average Bonchev–Trinajstić information content (AvgIpc) is 2.89. The molecule has 2 aromatic rings. The van der Waals surface area contributed by atoms with Crippen LogP contribution in [0, 0.1) is 17.0 Å². The molecule has 0 saturated carbocycles. The standard InChI is InChI=1S/C11H12N6O4/c1-6-14-9(16-21-6)5-13-11(18)7-3-2-4-8(15-12)10(7)17(19)20/h2-4,15H,5,12H2,1H3,(H,13,18). The van der Waals surface area contributed by atoms with Crippen LogP contribution in [0.5, 0.6) is 0 Å². The summed E-state index contributed by atoms with van der Waals surface area (Å²) in [6, 6.07) is 4.21. The molecule has 1 heterocycles. The zero-order valence-electron chi connectivity index (χ0n) is 11.0. The van der Waals surface area contributed by atoms with Crippen LogP contribution < -0.4 is 16.6 Å². The van der Waals surface area contributed by atoms with E-state index < -0.39 is 16.5 Å². The summed E-state index contributed by atoms with van der Waals surface area (Å²) in [6.07, 6.45) is 0. The number of benzene rings is 1. The second-order valence-electron chi connectivity index (χ2n) is 4.02. The zero-order valence-corrected chi connectivity index (χ0v) is 11.0. The lowest BCUT2D eigenvalue weighted by molar-refractivity contribution is -0.384. The maximum Gasteiger partial charge on any atom is 0.306 e. The lowest BCUT2D eigenvalue weighted by Gasteiger charge is -2.07. The van der Waals surface area contributed by atoms with Crippen LogP contribution in [0.1, 0.15) is 22.1 Å². The molecular formula is C11H12N6O4. The summed E-state index contributed by atoms with van der Waals surface area (Å²) in [5.74, 6) is 5.20. The first kappa shape index (κ1) is 14.4. The molecule has 10 heteroatoms. The quantitative estimate of drug-likeness (QED) is 0.409. The number of rotatable bonds is 5. The van der Waals surface area contributed by atoms with Gasteiger partial charge in [-0.1, -0.05) is 11.2 Å². The van der Waals surface area contributed by atoms with Gasteiger partial charge in [-0.25, -0.2) is 0 Å². The first-order chi connectivity index (χ1) is 10.0. The minimum Gasteiger partial charge on any atom is -0.344 e. The number of nitrogens with two attached hydrogens (primary N) is 1. The molecule has 2 rings (SSSR count). The Labute approximate surface area is 118 Å². The van der Waals surface area contributed by atoms with Crippen molar-refractivity contribution in [2.75, 3.05) is 5.43 Å². The van der Waals surface area contributed by atoms with E-state index in [9.17, 15) is 14.9 Å². The molecule has 21 heavy (non-hydrogen) atoms. The molecule has 0 radical (unpaired) electrons. The van der Waals surface area contributed by atoms with Gasteiger partial charge in [-0.05, 0) is 12.1 Å². The number of hydrogen-bond donors (Lipinski definition) is 3. The highest BCUT2D eigenvalue weighted by Crippen LogP contribution is 2.27. The molecule has 0 bridgehead atoms. The van der Waals surface area contributed by atoms with Gasteiger partial charge in [0, 0.05) is 6.92 Å². The third-order valence-corrected chi connectivity index (χ3v) is 2.60. The van der Waals surface area contributed by atoms with Crippen molar-refractivity contribution in [3.8, 4) is 0 Å². The van der Waals surface area contributed by atoms with Crippen molar-refractivity contribution in [1.82, 2.24) is 15.5 Å². The van der Waals surface area contributed by atoms with Crippen LogP contribution in [0.25, 0.3) is 0 Å². The Hall–Kier alpha value is -3.01. The molecule has 0 unspecified atom stereocenters. The molecular weight excluding hydrogens is 280 g/mol. The van der Waals surface area contributed by atoms with E-state index in [1.165, 1.54) is 18.2 Å². The number of aromatic nitrogens is 2. The molecule has 110 valence electrons. The first-order valence-corrected chi connectivity index (χ1v) is 5.84. The summed E-state index contributed by atoms with van der Waals surface area (Å²) < 4.78 is 4.75. The van der Waals surface area contributed by atoms with Crippen molar-refractivity contribution < 1.29 is 14.2 Å². The van der Waals surface area contributed by atoms with Crippen molar-refractivity contribution in [2.45, 2.75) is 13.5 Å². The lowest BCUT2D eigenvalue weighted by atomic mass is 10.1. The van der Waals surface area contributed by atoms with Crippen molar-refractivity contribution in [3.63, 3.8) is 0 Å². The Morgan fingerprint density at radius 1 is 1.52 bits per heavy atom. The zero-order chi connectivity index (χ0) is 15.4. The minimum atomic E-state index is -0.678. The Morgan fingerprint density at radius 2 is 2.29 bits per heavy atom. The monoisotopic (exact) mass is 292 g/mol. The van der Waals surface area contributed by atoms with Crippen LogP contribution in [0.2, 0.25) is 0 Å². The molecule has 0 aliphatic carbocycles. The number of aryl methyl sites for hydroxylation is 1. The summed E-state index contributed by atoms with van der Waals surface area (Å²) in [6.45, 7) is 1.60. The van der Waals surface area contributed by atoms with Crippen LogP contribution in [0.4, 0.5) is 11.4 Å². The molecule has 0 saturated heterocycles. The van der Waals surface area contributed by atoms with Gasteiger partial charge in [-0.3, -0.25) is 20.8 Å². The number of hydrogen-bond acceptors (Lipinski definition) is 8. The van der Waals surface area contributed by atoms with Gasteiger partial charge in [0.1, 0.15) is 11.3 Å². The largest absolute Gasteiger partial charge is 0.344 e. The Kier molecular flexibility index (Phi) is 4.09. The van der Waals surface area contributed by atoms with Crippen molar-refractivity contribution >= 4 is 17.3 Å². The fourth-order valence-corrected chi connectivity index (χ4v) is 1.71. The number of nitrogens with zero attached hydrogens (tertiary/aromatic N) is 3. The molecule has 4 N–H and O–H groups in total. The number of nitro groups is 1. The van der Waals surface area contributed by atoms with Gasteiger partial charge in [-0.15, -0.1) is 0 Å². The van der Waals surface area contributed by atoms with Crippen molar-refractivity contribution in [1.29, 1.82) is 0 Å². The highest BCUT2D eigenvalue weighted by molar-refractivity contribution is 6.00. The van der Waals surface area contributed by atoms with E-state index in [0.717, 1.165) is 0 Å². The summed E-state index contributed by atoms with van der Waals surface area (Å²) in [5, 5.41) is 17.2. The topological polar surface area (TPSA) is 149 Å². The third kappa shape index (κ3) is 3.12. The average molecular weight is 292 g/mol. The number of hydrazine groups is 1. The molecule has 1 aromatic carbocycles. The molecule has 1 amide bonds. The molecule has 0 spiro atoms. The van der Waals surface area contributed by atoms with E-state index >= 15 is 0 Å². The first-order valence-electron chi connectivity index (χ1n) is 5.84. The SMILES string of the molecule is Cc1nc(CNC(=O)c2cccc(NN)c2[N+](=O)[O-])no1. The van der Waals surface area contributed by atoms with Crippen LogP contribution in [-0.4, -0.2) is 21.0 Å². The second-order valence-corrected chi connectivity index (χ2v) is 4.02. The van der Waals surface area contributed by atoms with Crippen LogP contribution in [-0.2, 0) is 6.54 Å². The normalized spacial score (nSPS) is 10.2. The Balaban J connectivity index is 2.20. The highest BCUT2D eigenvalue weighted by Gasteiger charge is 2.24. The van der Waals surface area contributed by atoms with E-state index in [4.69, 9.17) is 10.4 Å². The van der Waals surface area contributed by atoms with E-state index in [1.807, 2.05) is 0 Å². The van der Waals surface area contributed by atoms with Gasteiger partial charge in [-0.2, -0.15) is 4.98 Å². The number of nitro benzene ring substituents is 1. The smallest absolute Gasteiger partial charge is 0.306 e. The predicted octanol–water partition coefficient (Wildman–Crippen LogP) is 0.502. The Morgan fingerprint density at radius 3 is 2.86 bits per heavy atom. The number of carbonyl (C=O) groups excluding carboxylic acids is 1. The van der Waals surface area contributed by atoms with Crippen molar-refractivity contribution in [2.24, 2.45) is 5.84 Å². The maximum absolute atomic E-state index is 12.0. The number of para-hydroxylation sites is 1. The van der Waals surface area contributed by atoms with Gasteiger partial charge >= 0.3 is 5.69 Å². The summed E-state index contributed by atoms with van der Waals surface area (Å²) in [4.78, 5) is 26.4. The number of nitrogen functional groups attached to an aromatic ring is 1. The molecule has 10 nitrogen and oxygen atoms in total. The van der Waals surface area contributed by atoms with Gasteiger partial charge in [0.2, 0.25) is 5.89 Å². The molecule has 0 atom stereocenters. The third-order valence-electron chi connectivity index (χ3n) is 2.60. The second kappa shape index (κ2) is 5.96. The molecule has 0 aliphatic rings. The van der Waals surface area contributed by atoms with Gasteiger partial charge in [0.15, 0.2) is 5.82 Å². The van der Waals surface area contributed by atoms with Crippen LogP contribution in [0.3, 0.4) is 0 Å². The fourth-order valence-electron chi connectivity index (χ4n) is 1.71. The molecule has 1 aromatic heterocycles. The number of amides is 1. The number of nitrogens with one attached hydrogen (secondary N) is 2. The molecule has 0 aliphatic heterocycles. The fraction of sp³-hybridized carbons (Fsp3) is 0.182. The van der Waals surface area contributed by atoms with Gasteiger partial charge < -0.3 is 15.3 Å². The highest BCUT2D eigenvalue weighted by atomic mass is 16.6. The van der Waals surface area contributed by atoms with Gasteiger partial charge in [0.05, 0.1) is 11.5 Å². The summed E-state index contributed by atoms with van der Waals surface area (Å²) in [5.41, 5.74) is 1.72. The lowest BCUT2D eigenvalue weighted by Crippen LogP contribution is -2.25. The Bertz CT molecular complexity index is 683.